The topological polar surface area (TPSA) is 86.8 Å². The zero-order valence-electron chi connectivity index (χ0n) is 17.8. The molecule has 0 saturated carbocycles. The lowest BCUT2D eigenvalue weighted by atomic mass is 10.1. The van der Waals surface area contributed by atoms with Crippen LogP contribution in [0.25, 0.3) is 17.0 Å². The highest BCUT2D eigenvalue weighted by Crippen LogP contribution is 2.23. The van der Waals surface area contributed by atoms with Crippen molar-refractivity contribution in [1.29, 1.82) is 0 Å². The number of benzene rings is 3. The second-order valence-electron chi connectivity index (χ2n) is 7.43. The number of aliphatic imine (C=N–C) groups is 1. The third kappa shape index (κ3) is 3.87. The van der Waals surface area contributed by atoms with E-state index in [1.807, 2.05) is 78.9 Å². The number of hydrazine groups is 1. The van der Waals surface area contributed by atoms with E-state index in [-0.39, 0.29) is 5.70 Å². The average molecular weight is 436 g/mol. The van der Waals surface area contributed by atoms with Crippen molar-refractivity contribution in [3.63, 3.8) is 0 Å². The molecule has 0 fully saturated rings. The van der Waals surface area contributed by atoms with E-state index in [2.05, 4.69) is 15.4 Å². The molecular weight excluding hydrogens is 416 g/mol. The molecule has 4 aromatic rings. The number of amidine groups is 1. The number of carbonyl (C=O) groups excluding carboxylic acids is 2. The Morgan fingerprint density at radius 2 is 1.73 bits per heavy atom. The number of methoxy groups -OCH3 is 1. The van der Waals surface area contributed by atoms with Crippen LogP contribution in [0.3, 0.4) is 0 Å². The van der Waals surface area contributed by atoms with E-state index in [4.69, 9.17) is 4.74 Å². The fourth-order valence-electron chi connectivity index (χ4n) is 3.68. The van der Waals surface area contributed by atoms with Gasteiger partial charge in [-0.25, -0.2) is 4.99 Å². The summed E-state index contributed by atoms with van der Waals surface area (Å²) in [4.78, 5) is 34.0. The molecule has 33 heavy (non-hydrogen) atoms. The maximum Gasteiger partial charge on any atom is 0.297 e. The molecule has 2 amide bonds. The lowest BCUT2D eigenvalue weighted by Crippen LogP contribution is -2.47. The fourth-order valence-corrected chi connectivity index (χ4v) is 3.68. The number of amides is 2. The maximum absolute atomic E-state index is 13.3. The summed E-state index contributed by atoms with van der Waals surface area (Å²) < 4.78 is 5.19. The highest BCUT2D eigenvalue weighted by atomic mass is 16.5. The first-order valence-corrected chi connectivity index (χ1v) is 10.4. The number of carbonyl (C=O) groups is 2. The zero-order chi connectivity index (χ0) is 22.8. The molecule has 1 aliphatic heterocycles. The summed E-state index contributed by atoms with van der Waals surface area (Å²) in [7, 11) is 1.60. The molecule has 3 aromatic carbocycles. The minimum absolute atomic E-state index is 0.221. The fraction of sp³-hybridized carbons (Fsp3) is 0.0385. The van der Waals surface area contributed by atoms with Gasteiger partial charge in [0, 0.05) is 22.7 Å². The number of ether oxygens (including phenoxy) is 1. The van der Waals surface area contributed by atoms with Crippen molar-refractivity contribution in [3.8, 4) is 5.75 Å². The van der Waals surface area contributed by atoms with Crippen LogP contribution in [0.4, 0.5) is 0 Å². The smallest absolute Gasteiger partial charge is 0.297 e. The Labute approximate surface area is 190 Å². The van der Waals surface area contributed by atoms with Crippen LogP contribution in [0.15, 0.2) is 95.7 Å². The van der Waals surface area contributed by atoms with Gasteiger partial charge in [-0.05, 0) is 29.8 Å². The van der Waals surface area contributed by atoms with Crippen LogP contribution >= 0.6 is 0 Å². The number of hydrogen-bond acceptors (Lipinski definition) is 4. The molecule has 0 atom stereocenters. The molecule has 5 rings (SSSR count). The van der Waals surface area contributed by atoms with E-state index >= 15 is 0 Å². The van der Waals surface area contributed by atoms with Crippen LogP contribution in [0, 0.1) is 0 Å². The molecular formula is C26H20N4O3. The van der Waals surface area contributed by atoms with Crippen molar-refractivity contribution in [3.05, 3.63) is 107 Å². The molecule has 0 aliphatic carbocycles. The number of rotatable bonds is 5. The Hall–Kier alpha value is -4.65. The van der Waals surface area contributed by atoms with Gasteiger partial charge < -0.3 is 9.72 Å². The summed E-state index contributed by atoms with van der Waals surface area (Å²) >= 11 is 0. The van der Waals surface area contributed by atoms with Crippen LogP contribution in [0.2, 0.25) is 0 Å². The predicted octanol–water partition coefficient (Wildman–Crippen LogP) is 4.15. The van der Waals surface area contributed by atoms with Gasteiger partial charge in [-0.2, -0.15) is 5.01 Å². The van der Waals surface area contributed by atoms with E-state index in [1.165, 1.54) is 5.01 Å². The summed E-state index contributed by atoms with van der Waals surface area (Å²) in [6, 6.07) is 24.1. The van der Waals surface area contributed by atoms with Gasteiger partial charge in [-0.1, -0.05) is 60.7 Å². The first-order chi connectivity index (χ1) is 16.1. The number of H-pyrrole nitrogens is 1. The zero-order valence-corrected chi connectivity index (χ0v) is 17.8. The highest BCUT2D eigenvalue weighted by Gasteiger charge is 2.33. The Kier molecular flexibility index (Phi) is 5.20. The number of nitrogens with one attached hydrogen (secondary N) is 2. The van der Waals surface area contributed by atoms with Gasteiger partial charge in [0.1, 0.15) is 11.4 Å². The number of aromatic amines is 1. The number of aromatic nitrogens is 1. The Morgan fingerprint density at radius 3 is 2.48 bits per heavy atom. The van der Waals surface area contributed by atoms with Crippen molar-refractivity contribution >= 4 is 34.6 Å². The van der Waals surface area contributed by atoms with Crippen molar-refractivity contribution in [2.75, 3.05) is 7.11 Å². The van der Waals surface area contributed by atoms with Gasteiger partial charge in [0.05, 0.1) is 12.7 Å². The van der Waals surface area contributed by atoms with E-state index in [0.717, 1.165) is 22.2 Å². The normalized spacial score (nSPS) is 14.6. The summed E-state index contributed by atoms with van der Waals surface area (Å²) in [5.41, 5.74) is 5.75. The van der Waals surface area contributed by atoms with E-state index in [0.29, 0.717) is 17.0 Å². The van der Waals surface area contributed by atoms with Gasteiger partial charge in [-0.15, -0.1) is 0 Å². The van der Waals surface area contributed by atoms with Crippen LogP contribution < -0.4 is 10.2 Å². The van der Waals surface area contributed by atoms with Crippen molar-refractivity contribution in [2.24, 2.45) is 4.99 Å². The Morgan fingerprint density at radius 1 is 1.00 bits per heavy atom. The SMILES string of the molecule is COc1ccc(C=C2N=C(c3ccccc3)N(NC(=O)c3c[nH]c4ccccc34)C2=O)cc1. The summed E-state index contributed by atoms with van der Waals surface area (Å²) in [5.74, 6) is 0.248. The van der Waals surface area contributed by atoms with E-state index in [9.17, 15) is 9.59 Å². The molecule has 0 spiro atoms. The average Bonchev–Trinajstić information content (AvgIpc) is 3.42. The Bertz CT molecular complexity index is 1400. The molecule has 162 valence electrons. The van der Waals surface area contributed by atoms with Crippen LogP contribution in [-0.2, 0) is 4.79 Å². The third-order valence-electron chi connectivity index (χ3n) is 5.36. The van der Waals surface area contributed by atoms with E-state index < -0.39 is 11.8 Å². The molecule has 0 radical (unpaired) electrons. The van der Waals surface area contributed by atoms with Gasteiger partial charge in [0.25, 0.3) is 11.8 Å². The molecule has 7 nitrogen and oxygen atoms in total. The Balaban J connectivity index is 1.49. The minimum Gasteiger partial charge on any atom is -0.497 e. The first kappa shape index (κ1) is 20.3. The first-order valence-electron chi connectivity index (χ1n) is 10.4. The van der Waals surface area contributed by atoms with Crippen molar-refractivity contribution in [1.82, 2.24) is 15.4 Å². The van der Waals surface area contributed by atoms with Crippen LogP contribution in [-0.4, -0.2) is 34.8 Å². The molecule has 2 heterocycles. The summed E-state index contributed by atoms with van der Waals surface area (Å²) in [6.45, 7) is 0. The molecule has 0 saturated heterocycles. The third-order valence-corrected chi connectivity index (χ3v) is 5.36. The van der Waals surface area contributed by atoms with E-state index in [1.54, 1.807) is 19.4 Å². The largest absolute Gasteiger partial charge is 0.497 e. The van der Waals surface area contributed by atoms with Crippen LogP contribution in [0.1, 0.15) is 21.5 Å². The monoisotopic (exact) mass is 436 g/mol. The molecule has 0 unspecified atom stereocenters. The highest BCUT2D eigenvalue weighted by molar-refractivity contribution is 6.21. The molecule has 0 bridgehead atoms. The van der Waals surface area contributed by atoms with Crippen molar-refractivity contribution < 1.29 is 14.3 Å². The van der Waals surface area contributed by atoms with Crippen LogP contribution in [0.5, 0.6) is 5.75 Å². The molecule has 1 aliphatic rings. The summed E-state index contributed by atoms with van der Waals surface area (Å²) in [5, 5.41) is 1.98. The number of nitrogens with zero attached hydrogens (tertiary/aromatic N) is 2. The number of hydrogen-bond donors (Lipinski definition) is 2. The standard InChI is InChI=1S/C26H20N4O3/c1-33-19-13-11-17(12-14-19)15-23-26(32)30(24(28-23)18-7-3-2-4-8-18)29-25(31)21-16-27-22-10-6-5-9-20(21)22/h2-16,27H,1H3,(H,29,31). The minimum atomic E-state index is -0.419. The summed E-state index contributed by atoms with van der Waals surface area (Å²) in [6.07, 6.45) is 3.32. The molecule has 7 heteroatoms. The van der Waals surface area contributed by atoms with Gasteiger partial charge in [0.2, 0.25) is 0 Å². The second kappa shape index (κ2) is 8.47. The van der Waals surface area contributed by atoms with Gasteiger partial charge >= 0.3 is 0 Å². The maximum atomic E-state index is 13.3. The quantitative estimate of drug-likeness (QED) is 0.461. The second-order valence-corrected chi connectivity index (χ2v) is 7.43. The molecule has 2 N–H and O–H groups in total. The van der Waals surface area contributed by atoms with Gasteiger partial charge in [0.15, 0.2) is 5.84 Å². The predicted molar refractivity (Wildman–Crippen MR) is 127 cm³/mol. The lowest BCUT2D eigenvalue weighted by Gasteiger charge is -2.19. The van der Waals surface area contributed by atoms with Gasteiger partial charge in [-0.3, -0.25) is 15.0 Å². The lowest BCUT2D eigenvalue weighted by molar-refractivity contribution is -0.124. The number of para-hydroxylation sites is 1. The number of fused-ring (bicyclic) bond motifs is 1. The molecule has 1 aromatic heterocycles. The van der Waals surface area contributed by atoms with Crippen molar-refractivity contribution in [2.45, 2.75) is 0 Å².